The number of nitrogens with one attached hydrogen (secondary N) is 1. The van der Waals surface area contributed by atoms with Gasteiger partial charge in [0.15, 0.2) is 17.3 Å². The first-order chi connectivity index (χ1) is 17.0. The Labute approximate surface area is 204 Å². The predicted octanol–water partition coefficient (Wildman–Crippen LogP) is 3.98. The minimum Gasteiger partial charge on any atom is -0.493 e. The average Bonchev–Trinajstić information content (AvgIpc) is 3.32. The Bertz CT molecular complexity index is 1430. The van der Waals surface area contributed by atoms with Crippen LogP contribution >= 0.6 is 11.8 Å². The van der Waals surface area contributed by atoms with E-state index in [9.17, 15) is 9.59 Å². The lowest BCUT2D eigenvalue weighted by atomic mass is 10.1. The molecule has 0 aliphatic carbocycles. The molecule has 0 unspecified atom stereocenters. The number of aromatic nitrogens is 1. The Morgan fingerprint density at radius 2 is 1.83 bits per heavy atom. The number of rotatable bonds is 5. The lowest BCUT2D eigenvalue weighted by Gasteiger charge is -2.20. The van der Waals surface area contributed by atoms with Crippen molar-refractivity contribution in [3.05, 3.63) is 95.3 Å². The normalized spacial score (nSPS) is 16.0. The summed E-state index contributed by atoms with van der Waals surface area (Å²) in [6.07, 6.45) is 4.82. The first kappa shape index (κ1) is 22.2. The molecule has 0 spiro atoms. The molecule has 0 atom stereocenters. The van der Waals surface area contributed by atoms with Crippen LogP contribution in [0.5, 0.6) is 11.5 Å². The Hall–Kier alpha value is -4.57. The van der Waals surface area contributed by atoms with Gasteiger partial charge in [0.1, 0.15) is 5.04 Å². The summed E-state index contributed by atoms with van der Waals surface area (Å²) in [5.41, 5.74) is 1.87. The number of carbonyl (C=O) groups is 2. The molecule has 0 fully saturated rings. The largest absolute Gasteiger partial charge is 0.493 e. The van der Waals surface area contributed by atoms with Gasteiger partial charge in [-0.05, 0) is 59.8 Å². The fourth-order valence-electron chi connectivity index (χ4n) is 3.36. The highest BCUT2D eigenvalue weighted by molar-refractivity contribution is 8.27. The number of benzene rings is 2. The first-order valence-electron chi connectivity index (χ1n) is 10.4. The second-order valence-electron chi connectivity index (χ2n) is 7.33. The molecular weight excluding hydrogens is 466 g/mol. The molecule has 1 amide bonds. The summed E-state index contributed by atoms with van der Waals surface area (Å²) in [5, 5.41) is 15.3. The molecule has 1 aromatic heterocycles. The third-order valence-electron chi connectivity index (χ3n) is 5.09. The van der Waals surface area contributed by atoms with Gasteiger partial charge in [-0.15, -0.1) is 0 Å². The standard InChI is InChI=1S/C25H17N5O4S/c1-33-20-14-15(7-8-19(20)34-24(32)17-5-3-2-4-6-17)13-18-21(26)30-25(28-22(18)31)35-23(29-30)16-9-11-27-12-10-16/h2-14,26H,1H3. The highest BCUT2D eigenvalue weighted by Crippen LogP contribution is 2.33. The van der Waals surface area contributed by atoms with Gasteiger partial charge in [-0.2, -0.15) is 15.1 Å². The van der Waals surface area contributed by atoms with E-state index in [2.05, 4.69) is 15.1 Å². The van der Waals surface area contributed by atoms with Gasteiger partial charge in [0.25, 0.3) is 5.91 Å². The van der Waals surface area contributed by atoms with Crippen molar-refractivity contribution in [1.82, 2.24) is 9.99 Å². The topological polar surface area (TPSA) is 117 Å². The van der Waals surface area contributed by atoms with Crippen molar-refractivity contribution in [2.24, 2.45) is 10.1 Å². The monoisotopic (exact) mass is 483 g/mol. The molecule has 3 aromatic rings. The Balaban J connectivity index is 1.40. The van der Waals surface area contributed by atoms with Crippen LogP contribution in [0.25, 0.3) is 6.08 Å². The zero-order chi connectivity index (χ0) is 24.4. The zero-order valence-electron chi connectivity index (χ0n) is 18.3. The maximum Gasteiger partial charge on any atom is 0.343 e. The van der Waals surface area contributed by atoms with Gasteiger partial charge in [-0.25, -0.2) is 4.79 Å². The predicted molar refractivity (Wildman–Crippen MR) is 133 cm³/mol. The van der Waals surface area contributed by atoms with E-state index in [-0.39, 0.29) is 17.2 Å². The number of aliphatic imine (C=N–C) groups is 1. The van der Waals surface area contributed by atoms with Crippen LogP contribution in [0.2, 0.25) is 0 Å². The van der Waals surface area contributed by atoms with E-state index in [1.54, 1.807) is 67.0 Å². The van der Waals surface area contributed by atoms with Crippen LogP contribution in [0.1, 0.15) is 21.5 Å². The molecule has 0 radical (unpaired) electrons. The van der Waals surface area contributed by atoms with Gasteiger partial charge >= 0.3 is 5.97 Å². The molecule has 0 saturated carbocycles. The molecule has 172 valence electrons. The molecule has 2 aliphatic rings. The second kappa shape index (κ2) is 9.35. The first-order valence-corrected chi connectivity index (χ1v) is 11.2. The number of methoxy groups -OCH3 is 1. The van der Waals surface area contributed by atoms with Crippen LogP contribution in [0.3, 0.4) is 0 Å². The van der Waals surface area contributed by atoms with E-state index in [4.69, 9.17) is 14.9 Å². The van der Waals surface area contributed by atoms with Crippen LogP contribution < -0.4 is 9.47 Å². The molecule has 10 heteroatoms. The number of amidine groups is 2. The number of hydrogen-bond donors (Lipinski definition) is 1. The summed E-state index contributed by atoms with van der Waals surface area (Å²) in [6, 6.07) is 17.1. The van der Waals surface area contributed by atoms with Crippen LogP contribution in [-0.2, 0) is 4.79 Å². The van der Waals surface area contributed by atoms with Gasteiger partial charge in [-0.3, -0.25) is 15.2 Å². The molecule has 1 N–H and O–H groups in total. The maximum atomic E-state index is 12.7. The molecular formula is C25H17N5O4S. The highest BCUT2D eigenvalue weighted by atomic mass is 32.2. The number of fused-ring (bicyclic) bond motifs is 1. The van der Waals surface area contributed by atoms with Crippen molar-refractivity contribution in [2.45, 2.75) is 0 Å². The fourth-order valence-corrected chi connectivity index (χ4v) is 4.26. The Morgan fingerprint density at radius 1 is 1.06 bits per heavy atom. The van der Waals surface area contributed by atoms with Gasteiger partial charge in [-0.1, -0.05) is 24.3 Å². The highest BCUT2D eigenvalue weighted by Gasteiger charge is 2.36. The minimum atomic E-state index is -0.543. The summed E-state index contributed by atoms with van der Waals surface area (Å²) in [7, 11) is 1.45. The SMILES string of the molecule is COc1cc(C=C2C(=N)N3N=C(c4ccncc4)SC3=NC2=O)ccc1OC(=O)c1ccccc1. The number of amides is 1. The number of carbonyl (C=O) groups excluding carboxylic acids is 2. The third-order valence-corrected chi connectivity index (χ3v) is 6.05. The second-order valence-corrected chi connectivity index (χ2v) is 8.28. The van der Waals surface area contributed by atoms with Crippen molar-refractivity contribution in [3.63, 3.8) is 0 Å². The number of esters is 1. The summed E-state index contributed by atoms with van der Waals surface area (Å²) in [4.78, 5) is 33.2. The molecule has 0 bridgehead atoms. The summed E-state index contributed by atoms with van der Waals surface area (Å²) in [5.74, 6) is -0.613. The van der Waals surface area contributed by atoms with E-state index < -0.39 is 11.9 Å². The van der Waals surface area contributed by atoms with Crippen molar-refractivity contribution >= 4 is 45.8 Å². The van der Waals surface area contributed by atoms with Crippen LogP contribution in [0, 0.1) is 5.41 Å². The van der Waals surface area contributed by atoms with E-state index in [1.165, 1.54) is 30.0 Å². The Kier molecular flexibility index (Phi) is 5.94. The molecule has 0 saturated heterocycles. The summed E-state index contributed by atoms with van der Waals surface area (Å²) in [6.45, 7) is 0. The van der Waals surface area contributed by atoms with E-state index in [0.29, 0.717) is 27.1 Å². The summed E-state index contributed by atoms with van der Waals surface area (Å²) >= 11 is 1.22. The molecule has 3 heterocycles. The molecule has 2 aromatic carbocycles. The number of nitrogens with zero attached hydrogens (tertiary/aromatic N) is 4. The number of hydrazone groups is 1. The fraction of sp³-hybridized carbons (Fsp3) is 0.0400. The lowest BCUT2D eigenvalue weighted by molar-refractivity contribution is -0.114. The van der Waals surface area contributed by atoms with Crippen molar-refractivity contribution in [3.8, 4) is 11.5 Å². The lowest BCUT2D eigenvalue weighted by Crippen LogP contribution is -2.35. The van der Waals surface area contributed by atoms with Gasteiger partial charge in [0, 0.05) is 18.0 Å². The van der Waals surface area contributed by atoms with Crippen molar-refractivity contribution in [1.29, 1.82) is 5.41 Å². The summed E-state index contributed by atoms with van der Waals surface area (Å²) < 4.78 is 10.9. The molecule has 2 aliphatic heterocycles. The van der Waals surface area contributed by atoms with E-state index in [0.717, 1.165) is 5.56 Å². The smallest absolute Gasteiger partial charge is 0.343 e. The molecule has 35 heavy (non-hydrogen) atoms. The zero-order valence-corrected chi connectivity index (χ0v) is 19.2. The van der Waals surface area contributed by atoms with Crippen molar-refractivity contribution < 1.29 is 19.1 Å². The molecule has 5 rings (SSSR count). The number of hydrogen-bond acceptors (Lipinski definition) is 8. The van der Waals surface area contributed by atoms with Crippen LogP contribution in [0.15, 0.2) is 88.7 Å². The quantitative estimate of drug-likeness (QED) is 0.331. The molecule has 9 nitrogen and oxygen atoms in total. The van der Waals surface area contributed by atoms with E-state index in [1.807, 2.05) is 6.07 Å². The van der Waals surface area contributed by atoms with Crippen molar-refractivity contribution in [2.75, 3.05) is 7.11 Å². The third kappa shape index (κ3) is 4.46. The van der Waals surface area contributed by atoms with Crippen LogP contribution in [-0.4, -0.2) is 45.0 Å². The minimum absolute atomic E-state index is 0.0742. The van der Waals surface area contributed by atoms with Gasteiger partial charge < -0.3 is 9.47 Å². The van der Waals surface area contributed by atoms with Crippen LogP contribution in [0.4, 0.5) is 0 Å². The number of pyridine rings is 1. The number of ether oxygens (including phenoxy) is 2. The van der Waals surface area contributed by atoms with Gasteiger partial charge in [0.2, 0.25) is 5.17 Å². The Morgan fingerprint density at radius 3 is 2.57 bits per heavy atom. The van der Waals surface area contributed by atoms with Gasteiger partial charge in [0.05, 0.1) is 18.2 Å². The average molecular weight is 484 g/mol. The maximum absolute atomic E-state index is 12.7. The number of thioether (sulfide) groups is 1. The van der Waals surface area contributed by atoms with E-state index >= 15 is 0 Å².